The lowest BCUT2D eigenvalue weighted by atomic mass is 10.6. The number of rotatable bonds is 4. The van der Waals surface area contributed by atoms with Gasteiger partial charge in [-0.3, -0.25) is 0 Å². The molecule has 0 spiro atoms. The Labute approximate surface area is 84.5 Å². The molecule has 0 aromatic carbocycles. The normalized spacial score (nSPS) is 11.8. The molecule has 1 N–H and O–H groups in total. The van der Waals surface area contributed by atoms with Crippen LogP contribution in [0, 0.1) is 0 Å². The van der Waals surface area contributed by atoms with Crippen LogP contribution in [0.4, 0.5) is 0 Å². The van der Waals surface area contributed by atoms with Crippen LogP contribution in [0.5, 0.6) is 0 Å². The first-order valence-corrected chi connectivity index (χ1v) is 6.19. The number of alkyl halides is 1. The molecule has 1 aromatic rings. The largest absolute Gasteiger partial charge is 0.320 e. The van der Waals surface area contributed by atoms with E-state index in [1.165, 1.54) is 6.33 Å². The molecule has 0 unspecified atom stereocenters. The van der Waals surface area contributed by atoms with Gasteiger partial charge in [0.05, 0.1) is 6.54 Å². The van der Waals surface area contributed by atoms with Crippen LogP contribution >= 0.6 is 15.9 Å². The van der Waals surface area contributed by atoms with Crippen molar-refractivity contribution in [2.45, 2.75) is 6.54 Å². The predicted molar refractivity (Wildman–Crippen MR) is 50.6 cm³/mol. The quantitative estimate of drug-likeness (QED) is 0.754. The molecule has 0 saturated carbocycles. The highest BCUT2D eigenvalue weighted by molar-refractivity contribution is 9.10. The van der Waals surface area contributed by atoms with Gasteiger partial charge in [0.1, 0.15) is 16.8 Å². The van der Waals surface area contributed by atoms with Crippen molar-refractivity contribution in [3.05, 3.63) is 12.2 Å². The molecule has 8 heteroatoms. The van der Waals surface area contributed by atoms with Crippen molar-refractivity contribution < 1.29 is 8.42 Å². The van der Waals surface area contributed by atoms with E-state index in [-0.39, 0.29) is 11.2 Å². The molecule has 74 valence electrons. The number of hydrogen-bond donors (Lipinski definition) is 1. The van der Waals surface area contributed by atoms with E-state index < -0.39 is 10.0 Å². The van der Waals surface area contributed by atoms with E-state index in [4.69, 9.17) is 0 Å². The topological polar surface area (TPSA) is 76.9 Å². The van der Waals surface area contributed by atoms with Gasteiger partial charge in [-0.1, -0.05) is 15.9 Å². The van der Waals surface area contributed by atoms with Gasteiger partial charge in [0.2, 0.25) is 10.0 Å². The third-order valence-electron chi connectivity index (χ3n) is 1.40. The molecule has 0 aliphatic carbocycles. The number of halogens is 1. The van der Waals surface area contributed by atoms with Crippen LogP contribution in [-0.4, -0.2) is 27.8 Å². The molecule has 0 radical (unpaired) electrons. The Hall–Kier alpha value is -0.470. The summed E-state index contributed by atoms with van der Waals surface area (Å²) in [5, 5.41) is 7.34. The standard InChI is InChI=1S/C5H9BrN4O2S/c1-10-4-7-9-5(10)2-8-13(11,12)3-6/h4,8H,2-3H2,1H3. The Morgan fingerprint density at radius 1 is 1.69 bits per heavy atom. The van der Waals surface area contributed by atoms with Gasteiger partial charge in [-0.05, 0) is 0 Å². The van der Waals surface area contributed by atoms with Gasteiger partial charge in [0.25, 0.3) is 0 Å². The summed E-state index contributed by atoms with van der Waals surface area (Å²) < 4.78 is 25.9. The number of sulfonamides is 1. The van der Waals surface area contributed by atoms with E-state index in [2.05, 4.69) is 30.8 Å². The average molecular weight is 269 g/mol. The van der Waals surface area contributed by atoms with Gasteiger partial charge < -0.3 is 4.57 Å². The second kappa shape index (κ2) is 4.16. The molecule has 0 aliphatic heterocycles. The minimum Gasteiger partial charge on any atom is -0.320 e. The third kappa shape index (κ3) is 3.05. The van der Waals surface area contributed by atoms with E-state index in [1.54, 1.807) is 11.6 Å². The second-order valence-electron chi connectivity index (χ2n) is 2.40. The van der Waals surface area contributed by atoms with Gasteiger partial charge in [-0.25, -0.2) is 13.1 Å². The first-order chi connectivity index (χ1) is 6.05. The number of hydrogen-bond acceptors (Lipinski definition) is 4. The van der Waals surface area contributed by atoms with Gasteiger partial charge >= 0.3 is 0 Å². The fourth-order valence-corrected chi connectivity index (χ4v) is 1.59. The zero-order valence-corrected chi connectivity index (χ0v) is 9.34. The Kier molecular flexibility index (Phi) is 3.40. The highest BCUT2D eigenvalue weighted by Gasteiger charge is 2.08. The molecule has 0 fully saturated rings. The maximum Gasteiger partial charge on any atom is 0.222 e. The van der Waals surface area contributed by atoms with Gasteiger partial charge in [-0.2, -0.15) is 0 Å². The zero-order chi connectivity index (χ0) is 9.90. The molecule has 0 atom stereocenters. The average Bonchev–Trinajstić information content (AvgIpc) is 2.48. The highest BCUT2D eigenvalue weighted by atomic mass is 79.9. The van der Waals surface area contributed by atoms with Crippen LogP contribution in [0.2, 0.25) is 0 Å². The molecule has 1 aromatic heterocycles. The van der Waals surface area contributed by atoms with Crippen LogP contribution in [-0.2, 0) is 23.6 Å². The van der Waals surface area contributed by atoms with Crippen LogP contribution in [0.1, 0.15) is 5.82 Å². The lowest BCUT2D eigenvalue weighted by molar-refractivity contribution is 0.582. The molecule has 0 aliphatic rings. The van der Waals surface area contributed by atoms with E-state index in [0.29, 0.717) is 5.82 Å². The van der Waals surface area contributed by atoms with Crippen LogP contribution in [0.3, 0.4) is 0 Å². The number of nitrogens with one attached hydrogen (secondary N) is 1. The molecule has 13 heavy (non-hydrogen) atoms. The van der Waals surface area contributed by atoms with E-state index in [0.717, 1.165) is 0 Å². The number of aromatic nitrogens is 3. The summed E-state index contributed by atoms with van der Waals surface area (Å²) >= 11 is 2.86. The van der Waals surface area contributed by atoms with E-state index >= 15 is 0 Å². The van der Waals surface area contributed by atoms with Crippen molar-refractivity contribution in [2.24, 2.45) is 7.05 Å². The Morgan fingerprint density at radius 2 is 2.38 bits per heavy atom. The van der Waals surface area contributed by atoms with Crippen molar-refractivity contribution in [1.29, 1.82) is 0 Å². The zero-order valence-electron chi connectivity index (χ0n) is 6.94. The molecule has 0 bridgehead atoms. The van der Waals surface area contributed by atoms with Gasteiger partial charge in [-0.15, -0.1) is 10.2 Å². The lowest BCUT2D eigenvalue weighted by Gasteiger charge is -2.02. The Bertz CT molecular complexity index is 374. The molecule has 1 rings (SSSR count). The van der Waals surface area contributed by atoms with Crippen molar-refractivity contribution in [2.75, 3.05) is 4.66 Å². The first kappa shape index (κ1) is 10.6. The Morgan fingerprint density at radius 3 is 2.85 bits per heavy atom. The van der Waals surface area contributed by atoms with Gasteiger partial charge in [0, 0.05) is 7.05 Å². The van der Waals surface area contributed by atoms with Crippen molar-refractivity contribution in [3.63, 3.8) is 0 Å². The summed E-state index contributed by atoms with van der Waals surface area (Å²) in [6, 6.07) is 0. The minimum absolute atomic E-state index is 0.113. The molecular formula is C5H9BrN4O2S. The number of nitrogens with zero attached hydrogens (tertiary/aromatic N) is 3. The van der Waals surface area contributed by atoms with E-state index in [9.17, 15) is 8.42 Å². The minimum atomic E-state index is -3.23. The van der Waals surface area contributed by atoms with Gasteiger partial charge in [0.15, 0.2) is 0 Å². The maximum absolute atomic E-state index is 11.0. The molecule has 1 heterocycles. The van der Waals surface area contributed by atoms with E-state index in [1.807, 2.05) is 0 Å². The summed E-state index contributed by atoms with van der Waals surface area (Å²) in [5.41, 5.74) is 0. The predicted octanol–water partition coefficient (Wildman–Crippen LogP) is -0.413. The summed E-state index contributed by atoms with van der Waals surface area (Å²) in [7, 11) is -1.48. The number of aryl methyl sites for hydroxylation is 1. The second-order valence-corrected chi connectivity index (χ2v) is 5.51. The molecule has 0 saturated heterocycles. The summed E-state index contributed by atoms with van der Waals surface area (Å²) in [4.78, 5) is 0. The highest BCUT2D eigenvalue weighted by Crippen LogP contribution is 1.95. The van der Waals surface area contributed by atoms with Crippen LogP contribution < -0.4 is 4.72 Å². The van der Waals surface area contributed by atoms with Crippen molar-refractivity contribution in [1.82, 2.24) is 19.5 Å². The smallest absolute Gasteiger partial charge is 0.222 e. The lowest BCUT2D eigenvalue weighted by Crippen LogP contribution is -2.25. The Balaban J connectivity index is 2.58. The fraction of sp³-hybridized carbons (Fsp3) is 0.600. The maximum atomic E-state index is 11.0. The monoisotopic (exact) mass is 268 g/mol. The van der Waals surface area contributed by atoms with Crippen LogP contribution in [0.15, 0.2) is 6.33 Å². The summed E-state index contributed by atoms with van der Waals surface area (Å²) in [6.07, 6.45) is 1.51. The molecular weight excluding hydrogens is 260 g/mol. The third-order valence-corrected chi connectivity index (χ3v) is 4.08. The fourth-order valence-electron chi connectivity index (χ4n) is 0.680. The van der Waals surface area contributed by atoms with Crippen LogP contribution in [0.25, 0.3) is 0 Å². The molecule has 0 amide bonds. The SMILES string of the molecule is Cn1cnnc1CNS(=O)(=O)CBr. The van der Waals surface area contributed by atoms with Crippen molar-refractivity contribution in [3.8, 4) is 0 Å². The van der Waals surface area contributed by atoms with Crippen molar-refractivity contribution >= 4 is 26.0 Å². The molecule has 6 nitrogen and oxygen atoms in total. The summed E-state index contributed by atoms with van der Waals surface area (Å²) in [5.74, 6) is 0.574. The summed E-state index contributed by atoms with van der Waals surface area (Å²) in [6.45, 7) is 0.157. The first-order valence-electron chi connectivity index (χ1n) is 3.41.